The number of carbonyl (C=O) groups excluding carboxylic acids is 1. The van der Waals surface area contributed by atoms with E-state index in [1.54, 1.807) is 49.9 Å². The van der Waals surface area contributed by atoms with E-state index in [0.29, 0.717) is 23.7 Å². The molecule has 0 N–H and O–H groups in total. The number of nitrogens with zero attached hydrogens (tertiary/aromatic N) is 2. The summed E-state index contributed by atoms with van der Waals surface area (Å²) in [6.45, 7) is 6.56. The van der Waals surface area contributed by atoms with Crippen molar-refractivity contribution in [2.45, 2.75) is 51.4 Å². The fraction of sp³-hybridized carbons (Fsp3) is 0.435. The highest BCUT2D eigenvalue weighted by Gasteiger charge is 2.39. The van der Waals surface area contributed by atoms with Crippen LogP contribution in [-0.2, 0) is 11.0 Å². The normalized spacial score (nSPS) is 15.8. The van der Waals surface area contributed by atoms with Gasteiger partial charge in [-0.1, -0.05) is 41.9 Å². The van der Waals surface area contributed by atoms with Crippen LogP contribution in [0.2, 0.25) is 5.02 Å². The molecule has 0 spiro atoms. The Morgan fingerprint density at radius 2 is 1.61 bits per heavy atom. The van der Waals surface area contributed by atoms with Gasteiger partial charge in [0.05, 0.1) is 11.1 Å². The molecule has 1 aliphatic rings. The molecule has 1 saturated heterocycles. The minimum atomic E-state index is -4.57. The van der Waals surface area contributed by atoms with Crippen LogP contribution in [0.3, 0.4) is 0 Å². The van der Waals surface area contributed by atoms with Gasteiger partial charge in [0.25, 0.3) is 0 Å². The van der Waals surface area contributed by atoms with Crippen molar-refractivity contribution in [3.05, 3.63) is 70.2 Å². The fourth-order valence-electron chi connectivity index (χ4n) is 3.55. The van der Waals surface area contributed by atoms with Crippen molar-refractivity contribution < 1.29 is 22.8 Å². The van der Waals surface area contributed by atoms with Crippen molar-refractivity contribution in [3.63, 3.8) is 0 Å². The molecule has 168 valence electrons. The summed E-state index contributed by atoms with van der Waals surface area (Å²) in [7, 11) is 0. The first kappa shape index (κ1) is 23.4. The Morgan fingerprint density at radius 1 is 1.03 bits per heavy atom. The zero-order valence-electron chi connectivity index (χ0n) is 17.7. The Balaban J connectivity index is 2.08. The molecule has 3 rings (SSSR count). The summed E-state index contributed by atoms with van der Waals surface area (Å²) in [5, 5.41) is 1.65. The van der Waals surface area contributed by atoms with Crippen LogP contribution in [-0.4, -0.2) is 34.6 Å². The number of hydrogen-bond acceptors (Lipinski definition) is 2. The number of hydroxylamine groups is 2. The van der Waals surface area contributed by atoms with Crippen LogP contribution in [0.25, 0.3) is 0 Å². The molecular formula is C23H26ClF3N2O2. The van der Waals surface area contributed by atoms with E-state index in [1.807, 2.05) is 0 Å². The Bertz CT molecular complexity index is 904. The van der Waals surface area contributed by atoms with E-state index in [-0.39, 0.29) is 11.6 Å². The van der Waals surface area contributed by atoms with E-state index in [1.165, 1.54) is 23.3 Å². The lowest BCUT2D eigenvalue weighted by molar-refractivity contribution is -0.201. The van der Waals surface area contributed by atoms with Gasteiger partial charge in [0, 0.05) is 23.7 Å². The van der Waals surface area contributed by atoms with E-state index in [2.05, 4.69) is 0 Å². The average Bonchev–Trinajstić information content (AvgIpc) is 3.23. The third-order valence-electron chi connectivity index (χ3n) is 5.09. The highest BCUT2D eigenvalue weighted by molar-refractivity contribution is 6.30. The maximum Gasteiger partial charge on any atom is 0.416 e. The highest BCUT2D eigenvalue weighted by Crippen LogP contribution is 2.39. The third kappa shape index (κ3) is 5.52. The van der Waals surface area contributed by atoms with Crippen molar-refractivity contribution >= 4 is 17.6 Å². The number of carbonyl (C=O) groups is 1. The molecule has 0 bridgehead atoms. The first-order valence-corrected chi connectivity index (χ1v) is 10.5. The number of benzene rings is 2. The average molecular weight is 455 g/mol. The first-order valence-electron chi connectivity index (χ1n) is 10.2. The first-order chi connectivity index (χ1) is 14.5. The van der Waals surface area contributed by atoms with Crippen molar-refractivity contribution in [1.29, 1.82) is 0 Å². The molecule has 0 aliphatic carbocycles. The van der Waals surface area contributed by atoms with Crippen LogP contribution in [0.15, 0.2) is 48.5 Å². The second kappa shape index (κ2) is 9.09. The molecule has 0 aromatic heterocycles. The quantitative estimate of drug-likeness (QED) is 0.482. The molecule has 0 radical (unpaired) electrons. The summed E-state index contributed by atoms with van der Waals surface area (Å²) in [5.41, 5.74) is -1.19. The lowest BCUT2D eigenvalue weighted by atomic mass is 9.96. The van der Waals surface area contributed by atoms with E-state index in [9.17, 15) is 18.0 Å². The summed E-state index contributed by atoms with van der Waals surface area (Å²) in [5.74, 6) is 0. The molecule has 2 aromatic carbocycles. The Hall–Kier alpha value is -2.25. The van der Waals surface area contributed by atoms with Gasteiger partial charge in [-0.25, -0.2) is 4.79 Å². The van der Waals surface area contributed by atoms with E-state index < -0.39 is 23.4 Å². The standard InChI is InChI=1S/C23H26ClF3N2O2/c1-22(2,3)29(21(30)28-14-6-7-15-28)31-20(16-10-12-17(24)13-11-16)18-8-4-5-9-19(18)23(25,26)27/h4-5,8-13,20H,6-7,14-15H2,1-3H3/t20-/m0/s1. The topological polar surface area (TPSA) is 32.8 Å². The number of rotatable bonds is 4. The monoisotopic (exact) mass is 454 g/mol. The van der Waals surface area contributed by atoms with Gasteiger partial charge in [-0.3, -0.25) is 4.84 Å². The number of halogens is 4. The van der Waals surface area contributed by atoms with Gasteiger partial charge in [0.1, 0.15) is 6.10 Å². The predicted molar refractivity (Wildman–Crippen MR) is 114 cm³/mol. The molecule has 2 amide bonds. The molecule has 0 unspecified atom stereocenters. The van der Waals surface area contributed by atoms with Crippen LogP contribution in [0, 0.1) is 0 Å². The highest BCUT2D eigenvalue weighted by atomic mass is 35.5. The summed E-state index contributed by atoms with van der Waals surface area (Å²) >= 11 is 5.99. The molecule has 1 heterocycles. The van der Waals surface area contributed by atoms with Gasteiger partial charge >= 0.3 is 12.2 Å². The van der Waals surface area contributed by atoms with Crippen molar-refractivity contribution in [3.8, 4) is 0 Å². The summed E-state index contributed by atoms with van der Waals surface area (Å²) in [4.78, 5) is 21.0. The number of amides is 2. The SMILES string of the molecule is CC(C)(C)N(O[C@@H](c1ccc(Cl)cc1)c1ccccc1C(F)(F)F)C(=O)N1CCCC1. The van der Waals surface area contributed by atoms with Gasteiger partial charge in [-0.2, -0.15) is 18.2 Å². The molecule has 1 fully saturated rings. The molecule has 1 atom stereocenters. The van der Waals surface area contributed by atoms with Crippen molar-refractivity contribution in [2.75, 3.05) is 13.1 Å². The number of alkyl halides is 3. The van der Waals surface area contributed by atoms with Crippen LogP contribution in [0.5, 0.6) is 0 Å². The van der Waals surface area contributed by atoms with E-state index in [0.717, 1.165) is 18.9 Å². The molecule has 4 nitrogen and oxygen atoms in total. The minimum absolute atomic E-state index is 0.0687. The van der Waals surface area contributed by atoms with Crippen LogP contribution in [0.4, 0.5) is 18.0 Å². The lowest BCUT2D eigenvalue weighted by Gasteiger charge is -2.39. The molecule has 31 heavy (non-hydrogen) atoms. The maximum absolute atomic E-state index is 13.8. The largest absolute Gasteiger partial charge is 0.416 e. The fourth-order valence-corrected chi connectivity index (χ4v) is 3.68. The summed E-state index contributed by atoms with van der Waals surface area (Å²) in [6.07, 6.45) is -3.94. The van der Waals surface area contributed by atoms with Crippen LogP contribution >= 0.6 is 11.6 Å². The second-order valence-electron chi connectivity index (χ2n) is 8.56. The second-order valence-corrected chi connectivity index (χ2v) is 9.00. The van der Waals surface area contributed by atoms with E-state index >= 15 is 0 Å². The Kier molecular flexibility index (Phi) is 6.86. The molecule has 0 saturated carbocycles. The van der Waals surface area contributed by atoms with Crippen molar-refractivity contribution in [1.82, 2.24) is 9.96 Å². The van der Waals surface area contributed by atoms with Gasteiger partial charge in [-0.05, 0) is 57.4 Å². The van der Waals surface area contributed by atoms with Gasteiger partial charge < -0.3 is 4.90 Å². The number of likely N-dealkylation sites (tertiary alicyclic amines) is 1. The molecular weight excluding hydrogens is 429 g/mol. The summed E-state index contributed by atoms with van der Waals surface area (Å²) in [6, 6.07) is 11.3. The third-order valence-corrected chi connectivity index (χ3v) is 5.34. The number of hydrogen-bond donors (Lipinski definition) is 0. The molecule has 1 aliphatic heterocycles. The minimum Gasteiger partial charge on any atom is -0.323 e. The van der Waals surface area contributed by atoms with Crippen LogP contribution in [0.1, 0.15) is 56.4 Å². The molecule has 8 heteroatoms. The van der Waals surface area contributed by atoms with Crippen LogP contribution < -0.4 is 0 Å². The van der Waals surface area contributed by atoms with Gasteiger partial charge in [0.15, 0.2) is 0 Å². The lowest BCUT2D eigenvalue weighted by Crippen LogP contribution is -2.51. The zero-order chi connectivity index (χ0) is 22.8. The Labute approximate surface area is 185 Å². The van der Waals surface area contributed by atoms with E-state index in [4.69, 9.17) is 16.4 Å². The Morgan fingerprint density at radius 3 is 2.16 bits per heavy atom. The van der Waals surface area contributed by atoms with Gasteiger partial charge in [0.2, 0.25) is 0 Å². The smallest absolute Gasteiger partial charge is 0.323 e. The van der Waals surface area contributed by atoms with Gasteiger partial charge in [-0.15, -0.1) is 0 Å². The number of urea groups is 1. The zero-order valence-corrected chi connectivity index (χ0v) is 18.5. The maximum atomic E-state index is 13.8. The summed E-state index contributed by atoms with van der Waals surface area (Å²) < 4.78 is 41.4. The van der Waals surface area contributed by atoms with Crippen molar-refractivity contribution in [2.24, 2.45) is 0 Å². The molecule has 2 aromatic rings. The predicted octanol–water partition coefficient (Wildman–Crippen LogP) is 6.70.